The van der Waals surface area contributed by atoms with Crippen LogP contribution in [0.3, 0.4) is 0 Å². The van der Waals surface area contributed by atoms with Gasteiger partial charge in [-0.25, -0.2) is 9.59 Å². The number of fused-ring (bicyclic) bond motifs is 2. The summed E-state index contributed by atoms with van der Waals surface area (Å²) in [6.45, 7) is 11.8. The van der Waals surface area contributed by atoms with Crippen molar-refractivity contribution in [3.8, 4) is 46.0 Å². The van der Waals surface area contributed by atoms with Crippen LogP contribution >= 0.6 is 23.2 Å². The monoisotopic (exact) mass is 1190 g/mol. The largest absolute Gasteiger partial charge is 0.460 e. The van der Waals surface area contributed by atoms with E-state index in [-0.39, 0.29) is 125 Å². The Morgan fingerprint density at radius 2 is 0.640 bits per heavy atom. The molecule has 9 aromatic carbocycles. The molecule has 9 aromatic rings. The molecule has 2 N–H and O–H groups in total. The van der Waals surface area contributed by atoms with E-state index in [1.165, 1.54) is 24.3 Å². The Balaban J connectivity index is 1.23. The number of halogens is 2. The summed E-state index contributed by atoms with van der Waals surface area (Å²) >= 11 is 11.3. The maximum Gasteiger partial charge on any atom is 0.349 e. The van der Waals surface area contributed by atoms with Gasteiger partial charge >= 0.3 is 11.9 Å². The summed E-state index contributed by atoms with van der Waals surface area (Å²) in [4.78, 5) is 114. The van der Waals surface area contributed by atoms with Crippen molar-refractivity contribution in [1.82, 2.24) is 20.4 Å². The Morgan fingerprint density at radius 3 is 0.872 bits per heavy atom. The first kappa shape index (κ1) is 57.5. The number of nitrogens with one attached hydrogen (secondary N) is 2. The predicted molar refractivity (Wildman–Crippen MR) is 321 cm³/mol. The summed E-state index contributed by atoms with van der Waals surface area (Å²) < 4.78 is 37.8. The molecule has 11 rings (SSSR count). The molecule has 20 heteroatoms. The minimum atomic E-state index is -0.890. The molecule has 0 spiro atoms. The summed E-state index contributed by atoms with van der Waals surface area (Å²) in [5.74, 6) is -5.34. The van der Waals surface area contributed by atoms with Crippen LogP contribution < -0.4 is 29.6 Å². The third-order valence-corrected chi connectivity index (χ3v) is 14.7. The zero-order valence-electron chi connectivity index (χ0n) is 46.6. The Hall–Kier alpha value is -10.3. The highest BCUT2D eigenvalue weighted by Crippen LogP contribution is 2.58. The van der Waals surface area contributed by atoms with Crippen molar-refractivity contribution in [2.24, 2.45) is 0 Å². The van der Waals surface area contributed by atoms with Crippen molar-refractivity contribution in [2.75, 3.05) is 39.4 Å². The first-order chi connectivity index (χ1) is 41.2. The van der Waals surface area contributed by atoms with E-state index in [1.54, 1.807) is 48.5 Å². The van der Waals surface area contributed by atoms with Crippen molar-refractivity contribution in [1.29, 1.82) is 0 Å². The molecule has 0 aliphatic carbocycles. The molecule has 0 saturated heterocycles. The van der Waals surface area contributed by atoms with E-state index in [0.717, 1.165) is 32.1 Å². The lowest BCUT2D eigenvalue weighted by Crippen LogP contribution is -2.46. The normalized spacial score (nSPS) is 12.7. The van der Waals surface area contributed by atoms with E-state index in [0.29, 0.717) is 23.0 Å². The van der Waals surface area contributed by atoms with E-state index in [1.807, 2.05) is 76.2 Å². The van der Waals surface area contributed by atoms with Crippen molar-refractivity contribution in [3.05, 3.63) is 189 Å². The van der Waals surface area contributed by atoms with Crippen LogP contribution in [0.15, 0.2) is 145 Å². The maximum atomic E-state index is 15.3. The van der Waals surface area contributed by atoms with E-state index in [2.05, 4.69) is 23.8 Å². The molecule has 86 heavy (non-hydrogen) atoms. The van der Waals surface area contributed by atoms with E-state index >= 15 is 19.2 Å². The molecule has 2 aliphatic rings. The van der Waals surface area contributed by atoms with Gasteiger partial charge in [0, 0.05) is 43.1 Å². The van der Waals surface area contributed by atoms with Crippen LogP contribution in [0.25, 0.3) is 43.1 Å². The van der Waals surface area contributed by atoms with Crippen molar-refractivity contribution < 1.29 is 66.8 Å². The molecule has 2 aliphatic heterocycles. The van der Waals surface area contributed by atoms with Crippen LogP contribution in [-0.2, 0) is 28.7 Å². The number of amides is 6. The van der Waals surface area contributed by atoms with Gasteiger partial charge in [-0.3, -0.25) is 38.6 Å². The molecular weight excluding hydrogens is 1140 g/mol. The molecule has 0 fully saturated rings. The van der Waals surface area contributed by atoms with Crippen molar-refractivity contribution in [3.63, 3.8) is 0 Å². The Labute approximate surface area is 500 Å². The number of esters is 2. The number of aryl methyl sites for hydroxylation is 4. The lowest BCUT2D eigenvalue weighted by atomic mass is 9.80. The van der Waals surface area contributed by atoms with Gasteiger partial charge < -0.3 is 39.1 Å². The van der Waals surface area contributed by atoms with Gasteiger partial charge in [0.15, 0.2) is 0 Å². The van der Waals surface area contributed by atoms with Crippen molar-refractivity contribution >= 4 is 114 Å². The number of hydrogen-bond acceptors (Lipinski definition) is 14. The second kappa shape index (κ2) is 23.4. The number of carbonyl (C=O) groups is 8. The second-order valence-electron chi connectivity index (χ2n) is 20.5. The highest BCUT2D eigenvalue weighted by atomic mass is 35.5. The van der Waals surface area contributed by atoms with Gasteiger partial charge in [0.25, 0.3) is 23.6 Å². The maximum absolute atomic E-state index is 15.3. The average molecular weight is 1190 g/mol. The van der Waals surface area contributed by atoms with E-state index < -0.39 is 60.5 Å². The molecule has 2 heterocycles. The highest BCUT2D eigenvalue weighted by Gasteiger charge is 2.42. The number of carbonyl (C=O) groups excluding carboxylic acids is 8. The lowest BCUT2D eigenvalue weighted by Gasteiger charge is -2.32. The molecular formula is C66H50Cl2N4O14. The lowest BCUT2D eigenvalue weighted by molar-refractivity contribution is -0.139. The molecule has 0 atom stereocenters. The van der Waals surface area contributed by atoms with Gasteiger partial charge in [-0.05, 0) is 100 Å². The fourth-order valence-electron chi connectivity index (χ4n) is 10.4. The summed E-state index contributed by atoms with van der Waals surface area (Å²) in [5, 5.41) is 6.16. The Morgan fingerprint density at radius 1 is 0.395 bits per heavy atom. The van der Waals surface area contributed by atoms with Crippen LogP contribution in [0.1, 0.15) is 63.7 Å². The third-order valence-electron chi connectivity index (χ3n) is 14.4. The molecule has 0 aromatic heterocycles. The Bertz CT molecular complexity index is 3890. The number of hydrogen-bond donors (Lipinski definition) is 2. The average Bonchev–Trinajstić information content (AvgIpc) is 0.679. The number of ether oxygens (including phenoxy) is 6. The molecule has 0 unspecified atom stereocenters. The topological polar surface area (TPSA) is 222 Å². The van der Waals surface area contributed by atoms with Crippen LogP contribution in [0.2, 0.25) is 0 Å². The summed E-state index contributed by atoms with van der Waals surface area (Å²) in [6.07, 6.45) is 0. The molecule has 0 saturated carbocycles. The van der Waals surface area contributed by atoms with Gasteiger partial charge in [0.2, 0.25) is 11.8 Å². The van der Waals surface area contributed by atoms with Gasteiger partial charge in [-0.1, -0.05) is 107 Å². The summed E-state index contributed by atoms with van der Waals surface area (Å²) in [6, 6.07) is 34.4. The number of rotatable bonds is 20. The van der Waals surface area contributed by atoms with Crippen LogP contribution in [-0.4, -0.2) is 96.6 Å². The van der Waals surface area contributed by atoms with Gasteiger partial charge in [0.05, 0.1) is 35.3 Å². The SMILES string of the molecule is C=C(Cl)C(=O)OCCNC(=O)CN1C(=O)c2cc(Oc3ccc(C)cc3)c3c4c(Oc5ccc(C)cc5)cc5c6c(cc(Oc7ccc(C)cc7)c(c7c(Oc8ccc(C)cc8)cc(c2c37)C1=O)c64)C(=O)N(CC(=O)NCCOC(=O)C(=C)Cl)C5=O. The molecule has 18 nitrogen and oxygen atoms in total. The predicted octanol–water partition coefficient (Wildman–Crippen LogP) is 12.2. The molecule has 432 valence electrons. The molecule has 0 bridgehead atoms. The zero-order valence-corrected chi connectivity index (χ0v) is 48.1. The number of nitrogens with zero attached hydrogens (tertiary/aromatic N) is 2. The van der Waals surface area contributed by atoms with Gasteiger partial charge in [-0.2, -0.15) is 0 Å². The first-order valence-corrected chi connectivity index (χ1v) is 27.6. The van der Waals surface area contributed by atoms with Crippen LogP contribution in [0, 0.1) is 27.7 Å². The quantitative estimate of drug-likeness (QED) is 0.0181. The third kappa shape index (κ3) is 11.1. The van der Waals surface area contributed by atoms with Crippen LogP contribution in [0.5, 0.6) is 46.0 Å². The van der Waals surface area contributed by atoms with Gasteiger partial charge in [-0.15, -0.1) is 0 Å². The minimum absolute atomic E-state index is 0.0414. The van der Waals surface area contributed by atoms with E-state index in [9.17, 15) is 19.2 Å². The number of benzene rings is 9. The first-order valence-electron chi connectivity index (χ1n) is 26.9. The van der Waals surface area contributed by atoms with Crippen LogP contribution in [0.4, 0.5) is 0 Å². The fraction of sp³-hybridized carbons (Fsp3) is 0.152. The molecule has 0 radical (unpaired) electrons. The van der Waals surface area contributed by atoms with Gasteiger partial charge in [0.1, 0.15) is 82.4 Å². The molecule has 6 amide bonds. The summed E-state index contributed by atoms with van der Waals surface area (Å²) in [5.41, 5.74) is 3.42. The number of imide groups is 2. The summed E-state index contributed by atoms with van der Waals surface area (Å²) in [7, 11) is 0. The van der Waals surface area contributed by atoms with Crippen molar-refractivity contribution in [2.45, 2.75) is 27.7 Å². The van der Waals surface area contributed by atoms with E-state index in [4.69, 9.17) is 51.6 Å². The highest BCUT2D eigenvalue weighted by molar-refractivity contribution is 6.45. The standard InChI is InChI=1S/C66H50Cl2N4O14/c1-33-7-15-39(16-8-33)83-47-27-43-53-44(62(76)71(61(43)75)31-51(73)69-23-25-81-65(79)37(5)67)29-49(85-41-19-11-35(3)12-20-41)57-58-50(86-42-21-13-36(4)14-22-42)30-46-54-45(63(77)72(64(46)78)32-52(74)70-24-26-82-66(80)38(6)68)28-48(56(60(54)58)55(47)59(53)57)84-40-17-9-34(2)10-18-40/h7-22,27-30H,5-6,23-26,31-32H2,1-4H3,(H,69,73)(H,70,74). The smallest absolute Gasteiger partial charge is 0.349 e. The zero-order chi connectivity index (χ0) is 60.8. The fourth-order valence-corrected chi connectivity index (χ4v) is 10.5. The second-order valence-corrected chi connectivity index (χ2v) is 21.4. The minimum Gasteiger partial charge on any atom is -0.460 e. The Kier molecular flexibility index (Phi) is 15.6.